The minimum atomic E-state index is -0.903. The van der Waals surface area contributed by atoms with E-state index in [1.165, 1.54) is 37.4 Å². The van der Waals surface area contributed by atoms with Crippen molar-refractivity contribution in [1.82, 2.24) is 9.55 Å². The molecule has 42 heavy (non-hydrogen) atoms. The summed E-state index contributed by atoms with van der Waals surface area (Å²) in [6.45, 7) is 0. The minimum absolute atomic E-state index is 0.771. The number of hydrogen-bond acceptors (Lipinski definition) is 1. The molecule has 1 heterocycles. The zero-order valence-corrected chi connectivity index (χ0v) is 25.2. The molecule has 0 fully saturated rings. The smallest absolute Gasteiger partial charge is 0.141 e. The number of fused-ring (bicyclic) bond motifs is 1. The van der Waals surface area contributed by atoms with Crippen LogP contribution < -0.4 is 31.8 Å². The Labute approximate surface area is 249 Å². The molecule has 2 nitrogen and oxygen atoms in total. The van der Waals surface area contributed by atoms with Crippen LogP contribution >= 0.6 is 15.8 Å². The topological polar surface area (TPSA) is 17.8 Å². The first-order chi connectivity index (χ1) is 20.8. The maximum absolute atomic E-state index is 5.14. The highest BCUT2D eigenvalue weighted by atomic mass is 31.1. The second kappa shape index (κ2) is 11.9. The van der Waals surface area contributed by atoms with Crippen LogP contribution in [-0.4, -0.2) is 9.55 Å². The molecular formula is C38H30N2P2. The number of para-hydroxylation sites is 2. The van der Waals surface area contributed by atoms with E-state index in [2.05, 4.69) is 175 Å². The van der Waals surface area contributed by atoms with Crippen LogP contribution in [0.1, 0.15) is 0 Å². The largest absolute Gasteiger partial charge is 0.327 e. The Morgan fingerprint density at radius 1 is 0.429 bits per heavy atom. The van der Waals surface area contributed by atoms with Crippen molar-refractivity contribution in [3.63, 3.8) is 0 Å². The quantitative estimate of drug-likeness (QED) is 0.192. The highest BCUT2D eigenvalue weighted by Crippen LogP contribution is 2.41. The molecule has 7 rings (SSSR count). The zero-order valence-electron chi connectivity index (χ0n) is 23.4. The summed E-state index contributed by atoms with van der Waals surface area (Å²) in [5.74, 6) is 1.00. The van der Waals surface area contributed by atoms with E-state index in [-0.39, 0.29) is 0 Å². The summed E-state index contributed by atoms with van der Waals surface area (Å²) < 4.78 is 2.24. The molecule has 1 aromatic heterocycles. The first kappa shape index (κ1) is 26.5. The second-order valence-corrected chi connectivity index (χ2v) is 14.5. The highest BCUT2D eigenvalue weighted by Gasteiger charge is 2.28. The monoisotopic (exact) mass is 576 g/mol. The number of aromatic nitrogens is 2. The maximum atomic E-state index is 5.14. The molecule has 0 aliphatic heterocycles. The van der Waals surface area contributed by atoms with Crippen molar-refractivity contribution >= 4 is 58.7 Å². The molecule has 0 spiro atoms. The SMILES string of the molecule is Cn1c(-c2ccccc2P(c2ccccc2)c2ccccc2P(c2ccccc2)c2ccccc2)nc2ccccc21. The first-order valence-corrected chi connectivity index (χ1v) is 16.8. The molecule has 1 unspecified atom stereocenters. The van der Waals surface area contributed by atoms with E-state index < -0.39 is 15.8 Å². The van der Waals surface area contributed by atoms with Crippen molar-refractivity contribution in [2.75, 3.05) is 0 Å². The van der Waals surface area contributed by atoms with E-state index in [0.29, 0.717) is 0 Å². The van der Waals surface area contributed by atoms with Crippen molar-refractivity contribution in [1.29, 1.82) is 0 Å². The Morgan fingerprint density at radius 2 is 0.857 bits per heavy atom. The van der Waals surface area contributed by atoms with Gasteiger partial charge in [-0.05, 0) is 59.8 Å². The van der Waals surface area contributed by atoms with Crippen molar-refractivity contribution in [2.24, 2.45) is 7.05 Å². The molecule has 0 aliphatic rings. The molecule has 202 valence electrons. The van der Waals surface area contributed by atoms with Crippen LogP contribution in [0, 0.1) is 0 Å². The van der Waals surface area contributed by atoms with Gasteiger partial charge in [0.25, 0.3) is 0 Å². The summed E-state index contributed by atoms with van der Waals surface area (Å²) >= 11 is 0. The highest BCUT2D eigenvalue weighted by molar-refractivity contribution is 7.85. The number of aryl methyl sites for hydroxylation is 1. The van der Waals surface area contributed by atoms with E-state index >= 15 is 0 Å². The predicted octanol–water partition coefficient (Wildman–Crippen LogP) is 6.76. The summed E-state index contributed by atoms with van der Waals surface area (Å²) in [5.41, 5.74) is 3.35. The van der Waals surface area contributed by atoms with Gasteiger partial charge in [-0.2, -0.15) is 0 Å². The van der Waals surface area contributed by atoms with E-state index in [9.17, 15) is 0 Å². The number of imidazole rings is 1. The maximum Gasteiger partial charge on any atom is 0.141 e. The molecule has 0 N–H and O–H groups in total. The van der Waals surface area contributed by atoms with Gasteiger partial charge < -0.3 is 4.57 Å². The molecular weight excluding hydrogens is 546 g/mol. The van der Waals surface area contributed by atoms with Crippen LogP contribution in [0.15, 0.2) is 164 Å². The average molecular weight is 577 g/mol. The fourth-order valence-corrected chi connectivity index (χ4v) is 11.1. The van der Waals surface area contributed by atoms with Crippen molar-refractivity contribution in [3.05, 3.63) is 164 Å². The number of hydrogen-bond donors (Lipinski definition) is 0. The fourth-order valence-electron chi connectivity index (χ4n) is 5.65. The van der Waals surface area contributed by atoms with Gasteiger partial charge in [-0.15, -0.1) is 0 Å². The van der Waals surface area contributed by atoms with Crippen LogP contribution in [0.25, 0.3) is 22.4 Å². The Hall–Kier alpha value is -4.35. The molecule has 1 atom stereocenters. The molecule has 0 bridgehead atoms. The van der Waals surface area contributed by atoms with Gasteiger partial charge >= 0.3 is 0 Å². The molecule has 0 radical (unpaired) electrons. The van der Waals surface area contributed by atoms with E-state index in [1.807, 2.05) is 0 Å². The summed E-state index contributed by atoms with van der Waals surface area (Å²) in [6, 6.07) is 59.5. The number of benzene rings is 6. The zero-order chi connectivity index (χ0) is 28.3. The van der Waals surface area contributed by atoms with Gasteiger partial charge in [-0.1, -0.05) is 152 Å². The van der Waals surface area contributed by atoms with Crippen LogP contribution in [0.3, 0.4) is 0 Å². The van der Waals surface area contributed by atoms with Crippen molar-refractivity contribution in [3.8, 4) is 11.4 Å². The Balaban J connectivity index is 1.49. The van der Waals surface area contributed by atoms with E-state index in [0.717, 1.165) is 16.9 Å². The molecule has 0 aliphatic carbocycles. The standard InChI is InChI=1S/C38H30N2P2/c1-40-34-25-13-12-24-33(34)39-38(40)32-23-11-14-26-35(32)42(31-21-9-4-10-22-31)37-28-16-15-27-36(37)41(29-17-5-2-6-18-29)30-19-7-3-8-20-30/h2-28H,1H3. The minimum Gasteiger partial charge on any atom is -0.327 e. The second-order valence-electron chi connectivity index (χ2n) is 10.2. The molecule has 0 amide bonds. The first-order valence-electron chi connectivity index (χ1n) is 14.1. The predicted molar refractivity (Wildman–Crippen MR) is 184 cm³/mol. The van der Waals surface area contributed by atoms with E-state index in [4.69, 9.17) is 4.98 Å². The molecule has 6 aromatic carbocycles. The third kappa shape index (κ3) is 4.99. The lowest BCUT2D eigenvalue weighted by Crippen LogP contribution is -2.35. The van der Waals surface area contributed by atoms with Crippen LogP contribution in [-0.2, 0) is 7.05 Å². The normalized spacial score (nSPS) is 12.0. The lowest BCUT2D eigenvalue weighted by molar-refractivity contribution is 0.960. The molecule has 4 heteroatoms. The summed E-state index contributed by atoms with van der Waals surface area (Å²) in [7, 11) is 0.455. The Kier molecular flexibility index (Phi) is 7.50. The lowest BCUT2D eigenvalue weighted by atomic mass is 10.2. The molecule has 0 saturated carbocycles. The Bertz CT molecular complexity index is 1910. The average Bonchev–Trinajstić information content (AvgIpc) is 3.40. The van der Waals surface area contributed by atoms with Gasteiger partial charge in [0.15, 0.2) is 0 Å². The summed E-state index contributed by atoms with van der Waals surface area (Å²) in [5, 5.41) is 8.17. The van der Waals surface area contributed by atoms with Gasteiger partial charge in [0.05, 0.1) is 11.0 Å². The lowest BCUT2D eigenvalue weighted by Gasteiger charge is -2.28. The number of rotatable bonds is 7. The third-order valence-corrected chi connectivity index (χ3v) is 12.8. The third-order valence-electron chi connectivity index (χ3n) is 7.58. The summed E-state index contributed by atoms with van der Waals surface area (Å²) in [6.07, 6.45) is 0. The van der Waals surface area contributed by atoms with Gasteiger partial charge in [-0.25, -0.2) is 4.98 Å². The van der Waals surface area contributed by atoms with Crippen molar-refractivity contribution in [2.45, 2.75) is 0 Å². The van der Waals surface area contributed by atoms with Crippen LogP contribution in [0.4, 0.5) is 0 Å². The van der Waals surface area contributed by atoms with Gasteiger partial charge in [-0.3, -0.25) is 0 Å². The van der Waals surface area contributed by atoms with Crippen LogP contribution in [0.2, 0.25) is 0 Å². The van der Waals surface area contributed by atoms with E-state index in [1.54, 1.807) is 0 Å². The Morgan fingerprint density at radius 3 is 1.43 bits per heavy atom. The fraction of sp³-hybridized carbons (Fsp3) is 0.0263. The van der Waals surface area contributed by atoms with Crippen molar-refractivity contribution < 1.29 is 0 Å². The van der Waals surface area contributed by atoms with Crippen LogP contribution in [0.5, 0.6) is 0 Å². The number of nitrogens with zero attached hydrogens (tertiary/aromatic N) is 2. The molecule has 0 saturated heterocycles. The van der Waals surface area contributed by atoms with Gasteiger partial charge in [0, 0.05) is 12.6 Å². The van der Waals surface area contributed by atoms with Gasteiger partial charge in [0.2, 0.25) is 0 Å². The van der Waals surface area contributed by atoms with Gasteiger partial charge in [0.1, 0.15) is 5.82 Å². The molecule has 7 aromatic rings. The summed E-state index contributed by atoms with van der Waals surface area (Å²) in [4.78, 5) is 5.14.